The van der Waals surface area contributed by atoms with Gasteiger partial charge in [-0.25, -0.2) is 0 Å². The van der Waals surface area contributed by atoms with Gasteiger partial charge < -0.3 is 14.8 Å². The Bertz CT molecular complexity index is 110. The third-order valence-electron chi connectivity index (χ3n) is 2.16. The Hall–Kier alpha value is 0.0969. The Kier molecular flexibility index (Phi) is 8.75. The van der Waals surface area contributed by atoms with Gasteiger partial charge in [-0.15, -0.1) is 0 Å². The van der Waals surface area contributed by atoms with Crippen LogP contribution in [0.2, 0.25) is 6.04 Å². The molecule has 3 nitrogen and oxygen atoms in total. The zero-order valence-electron chi connectivity index (χ0n) is 9.30. The van der Waals surface area contributed by atoms with Gasteiger partial charge in [0, 0.05) is 14.2 Å². The average Bonchev–Trinajstić information content (AvgIpc) is 2.16. The van der Waals surface area contributed by atoms with E-state index in [2.05, 4.69) is 19.2 Å². The summed E-state index contributed by atoms with van der Waals surface area (Å²) in [5.41, 5.74) is 0. The largest absolute Gasteiger partial charge is 0.360 e. The van der Waals surface area contributed by atoms with Crippen LogP contribution in [0.5, 0.6) is 0 Å². The molecule has 80 valence electrons. The lowest BCUT2D eigenvalue weighted by molar-refractivity contribution is -0.0443. The number of nitrogens with one attached hydrogen (secondary N) is 1. The van der Waals surface area contributed by atoms with Gasteiger partial charge in [0.1, 0.15) is 5.91 Å². The highest BCUT2D eigenvalue weighted by atomic mass is 28.2. The highest BCUT2D eigenvalue weighted by Crippen LogP contribution is 2.03. The number of methoxy groups -OCH3 is 2. The van der Waals surface area contributed by atoms with Crippen molar-refractivity contribution in [3.63, 3.8) is 0 Å². The summed E-state index contributed by atoms with van der Waals surface area (Å²) in [7, 11) is 3.20. The van der Waals surface area contributed by atoms with E-state index in [-0.39, 0.29) is 15.4 Å². The average molecular weight is 205 g/mol. The second kappa shape index (κ2) is 8.68. The first-order valence-corrected chi connectivity index (χ1v) is 6.82. The zero-order valence-corrected chi connectivity index (χ0v) is 10.7. The van der Waals surface area contributed by atoms with E-state index in [0.29, 0.717) is 0 Å². The second-order valence-electron chi connectivity index (χ2n) is 3.39. The molecular formula is C9H23NO2Si. The predicted molar refractivity (Wildman–Crippen MR) is 58.9 cm³/mol. The standard InChI is InChI=1S/C9H23NO2Si/c1-5-10-6-8(2)7-13-9(11-3)12-4/h8-10H,5-7,13H2,1-4H3. The van der Waals surface area contributed by atoms with E-state index in [0.717, 1.165) is 19.0 Å². The fourth-order valence-electron chi connectivity index (χ4n) is 1.25. The Balaban J connectivity index is 3.38. The first kappa shape index (κ1) is 13.1. The molecule has 0 saturated carbocycles. The van der Waals surface area contributed by atoms with Crippen molar-refractivity contribution in [2.45, 2.75) is 25.8 Å². The molecule has 13 heavy (non-hydrogen) atoms. The molecular weight excluding hydrogens is 182 g/mol. The first-order valence-electron chi connectivity index (χ1n) is 5.00. The maximum Gasteiger partial charge on any atom is 0.134 e. The van der Waals surface area contributed by atoms with Crippen LogP contribution in [0.25, 0.3) is 0 Å². The quantitative estimate of drug-likeness (QED) is 0.459. The van der Waals surface area contributed by atoms with Crippen LogP contribution in [0, 0.1) is 5.92 Å². The minimum atomic E-state index is -0.235. The summed E-state index contributed by atoms with van der Waals surface area (Å²) < 4.78 is 10.3. The monoisotopic (exact) mass is 205 g/mol. The van der Waals surface area contributed by atoms with Gasteiger partial charge >= 0.3 is 0 Å². The summed E-state index contributed by atoms with van der Waals surface area (Å²) in [6.07, 6.45) is 0. The highest BCUT2D eigenvalue weighted by Gasteiger charge is 2.08. The molecule has 0 aromatic heterocycles. The van der Waals surface area contributed by atoms with Gasteiger partial charge in [-0.1, -0.05) is 19.9 Å². The predicted octanol–water partition coefficient (Wildman–Crippen LogP) is 0.395. The molecule has 4 heteroatoms. The third kappa shape index (κ3) is 7.19. The minimum Gasteiger partial charge on any atom is -0.360 e. The molecule has 0 fully saturated rings. The lowest BCUT2D eigenvalue weighted by Crippen LogP contribution is -2.26. The van der Waals surface area contributed by atoms with Crippen LogP contribution >= 0.6 is 0 Å². The van der Waals surface area contributed by atoms with Crippen LogP contribution < -0.4 is 5.32 Å². The molecule has 0 saturated heterocycles. The molecule has 0 aliphatic heterocycles. The van der Waals surface area contributed by atoms with E-state index in [1.807, 2.05) is 0 Å². The van der Waals surface area contributed by atoms with Crippen molar-refractivity contribution in [3.05, 3.63) is 0 Å². The summed E-state index contributed by atoms with van der Waals surface area (Å²) in [5.74, 6) is 0.850. The summed E-state index contributed by atoms with van der Waals surface area (Å²) in [4.78, 5) is 0. The molecule has 0 amide bonds. The SMILES string of the molecule is CCNCC(C)C[SiH2]C(OC)OC. The van der Waals surface area contributed by atoms with Crippen molar-refractivity contribution in [2.24, 2.45) is 5.92 Å². The van der Waals surface area contributed by atoms with Crippen molar-refractivity contribution in [2.75, 3.05) is 27.3 Å². The fourth-order valence-corrected chi connectivity index (χ4v) is 2.76. The lowest BCUT2D eigenvalue weighted by atomic mass is 10.2. The summed E-state index contributed by atoms with van der Waals surface area (Å²) >= 11 is 0. The zero-order chi connectivity index (χ0) is 10.1. The van der Waals surface area contributed by atoms with Crippen LogP contribution in [-0.4, -0.2) is 42.7 Å². The van der Waals surface area contributed by atoms with Gasteiger partial charge in [0.2, 0.25) is 0 Å². The van der Waals surface area contributed by atoms with Crippen molar-refractivity contribution in [1.82, 2.24) is 5.32 Å². The van der Waals surface area contributed by atoms with E-state index in [1.165, 1.54) is 6.04 Å². The van der Waals surface area contributed by atoms with Crippen molar-refractivity contribution >= 4 is 9.52 Å². The highest BCUT2D eigenvalue weighted by molar-refractivity contribution is 6.36. The minimum absolute atomic E-state index is 0.101. The maximum absolute atomic E-state index is 5.17. The van der Waals surface area contributed by atoms with Crippen LogP contribution in [0.1, 0.15) is 13.8 Å². The fraction of sp³-hybridized carbons (Fsp3) is 1.00. The van der Waals surface area contributed by atoms with Gasteiger partial charge in [-0.2, -0.15) is 0 Å². The van der Waals surface area contributed by atoms with Crippen LogP contribution in [-0.2, 0) is 9.47 Å². The summed E-state index contributed by atoms with van der Waals surface area (Å²) in [6, 6.07) is 1.28. The van der Waals surface area contributed by atoms with Gasteiger partial charge in [0.25, 0.3) is 0 Å². The molecule has 0 aromatic carbocycles. The Morgan fingerprint density at radius 3 is 2.38 bits per heavy atom. The molecule has 0 spiro atoms. The van der Waals surface area contributed by atoms with Crippen molar-refractivity contribution in [3.8, 4) is 0 Å². The molecule has 0 aliphatic carbocycles. The summed E-state index contributed by atoms with van der Waals surface area (Å²) in [6.45, 7) is 6.59. The molecule has 0 heterocycles. The summed E-state index contributed by atoms with van der Waals surface area (Å²) in [5, 5.41) is 3.35. The van der Waals surface area contributed by atoms with E-state index in [9.17, 15) is 0 Å². The Morgan fingerprint density at radius 2 is 1.92 bits per heavy atom. The third-order valence-corrected chi connectivity index (χ3v) is 4.62. The van der Waals surface area contributed by atoms with Crippen molar-refractivity contribution < 1.29 is 9.47 Å². The van der Waals surface area contributed by atoms with Gasteiger partial charge in [0.15, 0.2) is 0 Å². The molecule has 0 aliphatic rings. The smallest absolute Gasteiger partial charge is 0.134 e. The number of hydrogen-bond donors (Lipinski definition) is 1. The molecule has 0 rings (SSSR count). The van der Waals surface area contributed by atoms with E-state index >= 15 is 0 Å². The second-order valence-corrected chi connectivity index (χ2v) is 5.21. The molecule has 1 N–H and O–H groups in total. The van der Waals surface area contributed by atoms with Crippen LogP contribution in [0.3, 0.4) is 0 Å². The number of hydrogen-bond acceptors (Lipinski definition) is 3. The molecule has 1 atom stereocenters. The Morgan fingerprint density at radius 1 is 1.31 bits per heavy atom. The molecule has 0 bridgehead atoms. The van der Waals surface area contributed by atoms with E-state index in [1.54, 1.807) is 14.2 Å². The van der Waals surface area contributed by atoms with Gasteiger partial charge in [0.05, 0.1) is 9.52 Å². The number of rotatable bonds is 8. The van der Waals surface area contributed by atoms with Crippen molar-refractivity contribution in [1.29, 1.82) is 0 Å². The molecule has 0 radical (unpaired) electrons. The van der Waals surface area contributed by atoms with E-state index < -0.39 is 0 Å². The maximum atomic E-state index is 5.17. The van der Waals surface area contributed by atoms with Gasteiger partial charge in [-0.3, -0.25) is 0 Å². The Labute approximate surface area is 84.0 Å². The van der Waals surface area contributed by atoms with Crippen LogP contribution in [0.15, 0.2) is 0 Å². The number of ether oxygens (including phenoxy) is 2. The molecule has 0 aromatic rings. The van der Waals surface area contributed by atoms with Gasteiger partial charge in [-0.05, 0) is 19.0 Å². The van der Waals surface area contributed by atoms with Crippen LogP contribution in [0.4, 0.5) is 0 Å². The van der Waals surface area contributed by atoms with E-state index in [4.69, 9.17) is 9.47 Å². The lowest BCUT2D eigenvalue weighted by Gasteiger charge is -2.16. The topological polar surface area (TPSA) is 30.5 Å². The first-order chi connectivity index (χ1) is 6.24. The normalized spacial score (nSPS) is 14.5. The molecule has 1 unspecified atom stereocenters.